The molecular weight excluding hydrogens is 316 g/mol. The van der Waals surface area contributed by atoms with Crippen LogP contribution < -0.4 is 0 Å². The van der Waals surface area contributed by atoms with Gasteiger partial charge in [-0.1, -0.05) is 42.4 Å². The molecule has 24 heavy (non-hydrogen) atoms. The van der Waals surface area contributed by atoms with Gasteiger partial charge in [-0.25, -0.2) is 0 Å². The average molecular weight is 336 g/mol. The molecule has 0 N–H and O–H groups in total. The summed E-state index contributed by atoms with van der Waals surface area (Å²) in [7, 11) is 2.04. The Kier molecular flexibility index (Phi) is 4.34. The van der Waals surface area contributed by atoms with E-state index in [4.69, 9.17) is 0 Å². The van der Waals surface area contributed by atoms with Crippen molar-refractivity contribution in [3.05, 3.63) is 59.9 Å². The molecule has 1 unspecified atom stereocenters. The number of fused-ring (bicyclic) bond motifs is 1. The molecule has 0 fully saturated rings. The maximum atomic E-state index is 4.45. The van der Waals surface area contributed by atoms with Crippen molar-refractivity contribution in [2.45, 2.75) is 36.1 Å². The van der Waals surface area contributed by atoms with Gasteiger partial charge in [0.25, 0.3) is 0 Å². The molecule has 0 saturated carbocycles. The number of nitrogens with zero attached hydrogens (tertiary/aromatic N) is 4. The maximum absolute atomic E-state index is 4.45. The fourth-order valence-electron chi connectivity index (χ4n) is 3.30. The lowest BCUT2D eigenvalue weighted by Crippen LogP contribution is -2.00. The van der Waals surface area contributed by atoms with Crippen molar-refractivity contribution in [1.82, 2.24) is 19.7 Å². The van der Waals surface area contributed by atoms with Crippen LogP contribution in [0.2, 0.25) is 0 Å². The summed E-state index contributed by atoms with van der Waals surface area (Å²) in [5, 5.41) is 10.3. The maximum Gasteiger partial charge on any atom is 0.191 e. The summed E-state index contributed by atoms with van der Waals surface area (Å²) in [4.78, 5) is 4.07. The third-order valence-corrected chi connectivity index (χ3v) is 5.93. The molecule has 0 saturated heterocycles. The standard InChI is InChI=1S/C19H20N4S/c1-23-18(15-10-12-20-13-11-15)21-22-19(23)24-17-9-5-3-7-14-6-2-4-8-16(14)17/h2,4,6,8,10-13,17H,3,5,7,9H2,1H3. The number of benzene rings is 1. The van der Waals surface area contributed by atoms with E-state index in [2.05, 4.69) is 44.0 Å². The topological polar surface area (TPSA) is 43.6 Å². The molecule has 4 nitrogen and oxygen atoms in total. The van der Waals surface area contributed by atoms with Crippen molar-refractivity contribution in [3.8, 4) is 11.4 Å². The Morgan fingerprint density at radius 1 is 1.04 bits per heavy atom. The third-order valence-electron chi connectivity index (χ3n) is 4.59. The van der Waals surface area contributed by atoms with Crippen molar-refractivity contribution < 1.29 is 0 Å². The molecule has 2 heterocycles. The van der Waals surface area contributed by atoms with E-state index >= 15 is 0 Å². The number of aromatic nitrogens is 4. The zero-order valence-electron chi connectivity index (χ0n) is 13.7. The van der Waals surface area contributed by atoms with Crippen LogP contribution in [0.3, 0.4) is 0 Å². The van der Waals surface area contributed by atoms with Crippen LogP contribution >= 0.6 is 11.8 Å². The van der Waals surface area contributed by atoms with Crippen molar-refractivity contribution in [1.29, 1.82) is 0 Å². The van der Waals surface area contributed by atoms with E-state index in [0.29, 0.717) is 5.25 Å². The molecule has 0 bridgehead atoms. The van der Waals surface area contributed by atoms with E-state index in [1.165, 1.54) is 36.8 Å². The third kappa shape index (κ3) is 2.96. The predicted molar refractivity (Wildman–Crippen MR) is 96.8 cm³/mol. The van der Waals surface area contributed by atoms with Gasteiger partial charge >= 0.3 is 0 Å². The van der Waals surface area contributed by atoms with Gasteiger partial charge in [0.15, 0.2) is 11.0 Å². The molecule has 0 radical (unpaired) electrons. The SMILES string of the molecule is Cn1c(SC2CCCCc3ccccc32)nnc1-c1ccncc1. The highest BCUT2D eigenvalue weighted by molar-refractivity contribution is 7.99. The van der Waals surface area contributed by atoms with Crippen LogP contribution in [0, 0.1) is 0 Å². The summed E-state index contributed by atoms with van der Waals surface area (Å²) in [6.45, 7) is 0. The van der Waals surface area contributed by atoms with Crippen molar-refractivity contribution in [3.63, 3.8) is 0 Å². The van der Waals surface area contributed by atoms with Gasteiger partial charge in [0, 0.05) is 30.3 Å². The molecule has 5 heteroatoms. The predicted octanol–water partition coefficient (Wildman–Crippen LogP) is 4.44. The van der Waals surface area contributed by atoms with Crippen molar-refractivity contribution >= 4 is 11.8 Å². The lowest BCUT2D eigenvalue weighted by molar-refractivity contribution is 0.699. The quantitative estimate of drug-likeness (QED) is 0.663. The minimum Gasteiger partial charge on any atom is -0.305 e. The summed E-state index contributed by atoms with van der Waals surface area (Å²) in [6.07, 6.45) is 8.50. The summed E-state index contributed by atoms with van der Waals surface area (Å²) in [5.74, 6) is 0.891. The molecule has 1 atom stereocenters. The Morgan fingerprint density at radius 3 is 2.75 bits per heavy atom. The summed E-state index contributed by atoms with van der Waals surface area (Å²) < 4.78 is 2.09. The lowest BCUT2D eigenvalue weighted by Gasteiger charge is -2.16. The van der Waals surface area contributed by atoms with E-state index in [0.717, 1.165) is 16.5 Å². The van der Waals surface area contributed by atoms with Crippen molar-refractivity contribution in [2.24, 2.45) is 7.05 Å². The number of thioether (sulfide) groups is 1. The molecule has 0 aliphatic heterocycles. The monoisotopic (exact) mass is 336 g/mol. The minimum absolute atomic E-state index is 0.455. The van der Waals surface area contributed by atoms with E-state index < -0.39 is 0 Å². The highest BCUT2D eigenvalue weighted by Crippen LogP contribution is 2.42. The molecule has 1 aliphatic rings. The molecule has 2 aromatic heterocycles. The first-order valence-electron chi connectivity index (χ1n) is 8.37. The molecule has 3 aromatic rings. The largest absolute Gasteiger partial charge is 0.305 e. The lowest BCUT2D eigenvalue weighted by atomic mass is 10.0. The first-order valence-corrected chi connectivity index (χ1v) is 9.25. The van der Waals surface area contributed by atoms with Crippen LogP contribution in [0.15, 0.2) is 53.9 Å². The van der Waals surface area contributed by atoms with E-state index in [1.54, 1.807) is 12.4 Å². The molecule has 0 amide bonds. The second-order valence-electron chi connectivity index (χ2n) is 6.15. The van der Waals surface area contributed by atoms with Gasteiger partial charge in [-0.15, -0.1) is 10.2 Å². The number of rotatable bonds is 3. The normalized spacial score (nSPS) is 17.3. The minimum atomic E-state index is 0.455. The second-order valence-corrected chi connectivity index (χ2v) is 7.32. The smallest absolute Gasteiger partial charge is 0.191 e. The molecular formula is C19H20N4S. The number of hydrogen-bond acceptors (Lipinski definition) is 4. The van der Waals surface area contributed by atoms with Gasteiger partial charge in [-0.05, 0) is 42.5 Å². The first-order chi connectivity index (χ1) is 11.8. The van der Waals surface area contributed by atoms with Gasteiger partial charge < -0.3 is 4.57 Å². The van der Waals surface area contributed by atoms with E-state index in [1.807, 2.05) is 30.9 Å². The molecule has 1 aromatic carbocycles. The molecule has 0 spiro atoms. The van der Waals surface area contributed by atoms with Gasteiger partial charge in [0.05, 0.1) is 0 Å². The summed E-state index contributed by atoms with van der Waals surface area (Å²) >= 11 is 1.84. The van der Waals surface area contributed by atoms with E-state index in [-0.39, 0.29) is 0 Å². The fraction of sp³-hybridized carbons (Fsp3) is 0.316. The van der Waals surface area contributed by atoms with Gasteiger partial charge in [0.1, 0.15) is 0 Å². The van der Waals surface area contributed by atoms with Crippen LogP contribution in [0.4, 0.5) is 0 Å². The van der Waals surface area contributed by atoms with Gasteiger partial charge in [-0.2, -0.15) is 0 Å². The van der Waals surface area contributed by atoms with Gasteiger partial charge in [-0.3, -0.25) is 4.98 Å². The second kappa shape index (κ2) is 6.77. The number of pyridine rings is 1. The van der Waals surface area contributed by atoms with Crippen LogP contribution in [0.1, 0.15) is 35.6 Å². The Balaban J connectivity index is 1.64. The Morgan fingerprint density at radius 2 is 1.88 bits per heavy atom. The van der Waals surface area contributed by atoms with Crippen LogP contribution in [-0.4, -0.2) is 19.7 Å². The summed E-state index contributed by atoms with van der Waals surface area (Å²) in [5.41, 5.74) is 4.01. The van der Waals surface area contributed by atoms with Crippen molar-refractivity contribution in [2.75, 3.05) is 0 Å². The molecule has 4 rings (SSSR count). The first kappa shape index (κ1) is 15.4. The van der Waals surface area contributed by atoms with Crippen LogP contribution in [-0.2, 0) is 13.5 Å². The van der Waals surface area contributed by atoms with Crippen LogP contribution in [0.25, 0.3) is 11.4 Å². The average Bonchev–Trinajstić information content (AvgIpc) is 2.86. The fourth-order valence-corrected chi connectivity index (χ4v) is 4.52. The van der Waals surface area contributed by atoms with Crippen LogP contribution in [0.5, 0.6) is 0 Å². The number of hydrogen-bond donors (Lipinski definition) is 0. The molecule has 122 valence electrons. The zero-order valence-corrected chi connectivity index (χ0v) is 14.5. The zero-order chi connectivity index (χ0) is 16.4. The van der Waals surface area contributed by atoms with Gasteiger partial charge in [0.2, 0.25) is 0 Å². The highest BCUT2D eigenvalue weighted by Gasteiger charge is 2.22. The van der Waals surface area contributed by atoms with E-state index in [9.17, 15) is 0 Å². The summed E-state index contributed by atoms with van der Waals surface area (Å²) in [6, 6.07) is 12.8. The highest BCUT2D eigenvalue weighted by atomic mass is 32.2. The Bertz CT molecular complexity index is 828. The Hall–Kier alpha value is -2.14. The molecule has 1 aliphatic carbocycles. The Labute approximate surface area is 146 Å². The number of aryl methyl sites for hydroxylation is 1.